The second-order valence-electron chi connectivity index (χ2n) is 17.9. The van der Waals surface area contributed by atoms with Crippen molar-refractivity contribution in [1.29, 1.82) is 0 Å². The first kappa shape index (κ1) is 47.3. The molecule has 2 aromatic carbocycles. The molecule has 4 aromatic rings. The number of nitrogens with zero attached hydrogens (tertiary/aromatic N) is 3. The van der Waals surface area contributed by atoms with E-state index in [1.54, 1.807) is 52.1 Å². The van der Waals surface area contributed by atoms with E-state index in [1.165, 1.54) is 46.6 Å². The number of likely N-dealkylation sites (tertiary alicyclic amines) is 1. The van der Waals surface area contributed by atoms with Crippen LogP contribution < -0.4 is 34.3 Å². The molecule has 2 aromatic heterocycles. The van der Waals surface area contributed by atoms with Crippen LogP contribution in [-0.2, 0) is 29.4 Å². The first-order chi connectivity index (χ1) is 30.8. The van der Waals surface area contributed by atoms with Gasteiger partial charge >= 0.3 is 16.4 Å². The predicted octanol–water partition coefficient (Wildman–Crippen LogP) is 6.77. The number of anilines is 1. The lowest BCUT2D eigenvalue weighted by molar-refractivity contribution is -0.143. The molecule has 1 saturated heterocycles. The summed E-state index contributed by atoms with van der Waals surface area (Å²) in [6.07, 6.45) is 2.90. The van der Waals surface area contributed by atoms with Crippen molar-refractivity contribution in [3.05, 3.63) is 71.6 Å². The number of hydrogen-bond acceptors (Lipinski definition) is 14. The third-order valence-corrected chi connectivity index (χ3v) is 13.4. The smallest absolute Gasteiger partial charge is 0.409 e. The van der Waals surface area contributed by atoms with Gasteiger partial charge in [0.15, 0.2) is 5.13 Å². The van der Waals surface area contributed by atoms with E-state index in [0.717, 1.165) is 25.7 Å². The first-order valence-corrected chi connectivity index (χ1v) is 24.1. The number of methoxy groups -OCH3 is 1. The van der Waals surface area contributed by atoms with Crippen LogP contribution in [-0.4, -0.2) is 96.6 Å². The minimum absolute atomic E-state index is 0.0184. The number of halogens is 1. The van der Waals surface area contributed by atoms with E-state index in [2.05, 4.69) is 22.5 Å². The molecule has 0 bridgehead atoms. The summed E-state index contributed by atoms with van der Waals surface area (Å²) in [7, 11) is -3.17. The molecule has 5 atom stereocenters. The van der Waals surface area contributed by atoms with Gasteiger partial charge in [0.1, 0.15) is 52.8 Å². The fraction of sp³-hybridized carbons (Fsp3) is 0.467. The van der Waals surface area contributed by atoms with Gasteiger partial charge in [0.25, 0.3) is 5.91 Å². The van der Waals surface area contributed by atoms with Crippen LogP contribution in [0.5, 0.6) is 17.2 Å². The molecule has 2 aliphatic carbocycles. The van der Waals surface area contributed by atoms with Crippen molar-refractivity contribution in [2.45, 2.75) is 109 Å². The van der Waals surface area contributed by atoms with Gasteiger partial charge in [-0.05, 0) is 87.8 Å². The maximum absolute atomic E-state index is 14.9. The summed E-state index contributed by atoms with van der Waals surface area (Å²) < 4.78 is 51.1. The third-order valence-electron chi connectivity index (χ3n) is 11.5. The number of ether oxygens (including phenoxy) is 3. The zero-order chi connectivity index (χ0) is 46.8. The van der Waals surface area contributed by atoms with Crippen LogP contribution in [0.1, 0.15) is 73.1 Å². The second-order valence-corrected chi connectivity index (χ2v) is 20.5. The summed E-state index contributed by atoms with van der Waals surface area (Å²) >= 11 is 7.36. The molecule has 17 nitrogen and oxygen atoms in total. The molecular formula is C45H54ClN7O10S2. The van der Waals surface area contributed by atoms with Crippen molar-refractivity contribution in [3.63, 3.8) is 0 Å². The van der Waals surface area contributed by atoms with Crippen LogP contribution >= 0.6 is 22.9 Å². The molecule has 2 saturated carbocycles. The molecular weight excluding hydrogens is 898 g/mol. The van der Waals surface area contributed by atoms with Crippen molar-refractivity contribution in [2.75, 3.05) is 19.0 Å². The molecule has 0 unspecified atom stereocenters. The number of aromatic nitrogens is 2. The van der Waals surface area contributed by atoms with Crippen molar-refractivity contribution < 1.29 is 46.0 Å². The summed E-state index contributed by atoms with van der Waals surface area (Å²) in [4.78, 5) is 67.7. The molecule has 1 aliphatic heterocycles. The monoisotopic (exact) mass is 951 g/mol. The minimum Gasteiger partial charge on any atom is -0.497 e. The summed E-state index contributed by atoms with van der Waals surface area (Å²) in [6, 6.07) is 10.3. The highest BCUT2D eigenvalue weighted by molar-refractivity contribution is 7.85. The highest BCUT2D eigenvalue weighted by Crippen LogP contribution is 2.45. The SMILES string of the molecule is C=C[C@@H]1C[C@]1(NC(=O)[C@@H]1C[C@@H](Oc2cc(-c3csc(NC(C)C)n3)nc3cc(OC)ccc23)CN1C(=O)[C@@H](NC(=O)OC1CCCC1)C(C)(C)C)C(=O)NS(=O)(=O)Oc1ccc(Cl)cc1. The number of rotatable bonds is 16. The fourth-order valence-corrected chi connectivity index (χ4v) is 9.89. The average molecular weight is 953 g/mol. The molecule has 65 heavy (non-hydrogen) atoms. The van der Waals surface area contributed by atoms with Crippen LogP contribution in [0.15, 0.2) is 66.6 Å². The maximum Gasteiger partial charge on any atom is 0.409 e. The average Bonchev–Trinajstić information content (AvgIpc) is 3.65. The van der Waals surface area contributed by atoms with E-state index in [-0.39, 0.29) is 37.3 Å². The Hall–Kier alpha value is -5.66. The normalized spacial score (nSPS) is 21.4. The number of nitrogens with one attached hydrogen (secondary N) is 4. The summed E-state index contributed by atoms with van der Waals surface area (Å²) in [5.74, 6) is -2.19. The molecule has 3 fully saturated rings. The molecule has 0 spiro atoms. The van der Waals surface area contributed by atoms with Gasteiger partial charge in [0.05, 0.1) is 24.9 Å². The summed E-state index contributed by atoms with van der Waals surface area (Å²) in [5.41, 5.74) is -0.946. The Bertz CT molecular complexity index is 2560. The molecule has 20 heteroatoms. The van der Waals surface area contributed by atoms with Crippen LogP contribution in [0.2, 0.25) is 5.02 Å². The summed E-state index contributed by atoms with van der Waals surface area (Å²) in [6.45, 7) is 13.1. The zero-order valence-corrected chi connectivity index (χ0v) is 39.4. The number of hydrogen-bond donors (Lipinski definition) is 4. The topological polar surface area (TPSA) is 216 Å². The van der Waals surface area contributed by atoms with E-state index >= 15 is 0 Å². The van der Waals surface area contributed by atoms with Gasteiger partial charge in [-0.2, -0.15) is 8.42 Å². The van der Waals surface area contributed by atoms with Crippen LogP contribution in [0.25, 0.3) is 22.3 Å². The van der Waals surface area contributed by atoms with Crippen molar-refractivity contribution >= 4 is 73.1 Å². The van der Waals surface area contributed by atoms with Crippen LogP contribution in [0.4, 0.5) is 9.93 Å². The quantitative estimate of drug-likeness (QED) is 0.0854. The van der Waals surface area contributed by atoms with E-state index in [9.17, 15) is 27.6 Å². The molecule has 3 aliphatic rings. The summed E-state index contributed by atoms with van der Waals surface area (Å²) in [5, 5.41) is 12.4. The Morgan fingerprint density at radius 3 is 2.35 bits per heavy atom. The first-order valence-electron chi connectivity index (χ1n) is 21.4. The molecule has 0 radical (unpaired) electrons. The van der Waals surface area contributed by atoms with Gasteiger partial charge in [-0.3, -0.25) is 14.4 Å². The number of alkyl carbamates (subject to hydrolysis) is 1. The third kappa shape index (κ3) is 11.1. The number of benzene rings is 2. The lowest BCUT2D eigenvalue weighted by atomic mass is 9.85. The van der Waals surface area contributed by atoms with Crippen molar-refractivity contribution in [2.24, 2.45) is 11.3 Å². The lowest BCUT2D eigenvalue weighted by Gasteiger charge is -2.35. The molecule has 7 rings (SSSR count). The molecule has 348 valence electrons. The van der Waals surface area contributed by atoms with Crippen LogP contribution in [0, 0.1) is 11.3 Å². The van der Waals surface area contributed by atoms with E-state index < -0.39 is 69.2 Å². The van der Waals surface area contributed by atoms with Gasteiger partial charge in [-0.1, -0.05) is 38.4 Å². The predicted molar refractivity (Wildman–Crippen MR) is 246 cm³/mol. The second kappa shape index (κ2) is 19.1. The molecule has 4 amide bonds. The Labute approximate surface area is 387 Å². The fourth-order valence-electron chi connectivity index (χ4n) is 8.09. The lowest BCUT2D eigenvalue weighted by Crippen LogP contribution is -2.60. The number of fused-ring (bicyclic) bond motifs is 1. The Morgan fingerprint density at radius 2 is 1.71 bits per heavy atom. The van der Waals surface area contributed by atoms with Crippen LogP contribution in [0.3, 0.4) is 0 Å². The van der Waals surface area contributed by atoms with Gasteiger partial charge < -0.3 is 39.2 Å². The van der Waals surface area contributed by atoms with Crippen molar-refractivity contribution in [1.82, 2.24) is 30.2 Å². The maximum atomic E-state index is 14.9. The minimum atomic E-state index is -4.73. The van der Waals surface area contributed by atoms with E-state index in [0.29, 0.717) is 43.9 Å². The molecule has 4 N–H and O–H groups in total. The van der Waals surface area contributed by atoms with Gasteiger partial charge in [-0.15, -0.1) is 17.9 Å². The number of carbonyl (C=O) groups excluding carboxylic acids is 4. The highest BCUT2D eigenvalue weighted by atomic mass is 35.5. The van der Waals surface area contributed by atoms with E-state index in [4.69, 9.17) is 40.0 Å². The number of thiazole rings is 1. The number of carbonyl (C=O) groups is 4. The van der Waals surface area contributed by atoms with Gasteiger partial charge in [0.2, 0.25) is 11.8 Å². The Balaban J connectivity index is 1.20. The Kier molecular flexibility index (Phi) is 13.9. The van der Waals surface area contributed by atoms with Gasteiger partial charge in [0, 0.05) is 46.3 Å². The Morgan fingerprint density at radius 1 is 1.00 bits per heavy atom. The van der Waals surface area contributed by atoms with Gasteiger partial charge in [-0.25, -0.2) is 19.5 Å². The zero-order valence-electron chi connectivity index (χ0n) is 37.0. The van der Waals surface area contributed by atoms with E-state index in [1.807, 2.05) is 23.9 Å². The standard InChI is InChI=1S/C45H54ClN7O10S2/c1-8-26-22-45(26,41(56)52-65(58,59)63-29-15-13-27(46)14-16-29)51-39(54)36-20-31(23-53(36)40(55)38(44(4,5)6)50-43(57)62-28-11-9-10-12-28)61-37-21-34(35-24-64-42(49-35)47-25(2)3)48-33-19-30(60-7)17-18-32(33)37/h8,13-19,21,24-26,28,31,36,38H,1,9-12,20,22-23H2,2-7H3,(H,47,49)(H,50,57)(H,51,54)(H,52,56)/t26-,31-,36+,38-,45-/m1/s1. The highest BCUT2D eigenvalue weighted by Gasteiger charge is 2.62. The largest absolute Gasteiger partial charge is 0.497 e. The van der Waals surface area contributed by atoms with Crippen molar-refractivity contribution in [3.8, 4) is 28.6 Å². The number of pyridine rings is 1. The molecule has 3 heterocycles. The number of amides is 4.